The molecule has 1 aliphatic rings. The summed E-state index contributed by atoms with van der Waals surface area (Å²) < 4.78 is 0. The van der Waals surface area contributed by atoms with Crippen LogP contribution < -0.4 is 11.1 Å². The molecule has 0 aliphatic heterocycles. The number of rotatable bonds is 8. The lowest BCUT2D eigenvalue weighted by molar-refractivity contribution is -0.117. The zero-order valence-electron chi connectivity index (χ0n) is 15.9. The third-order valence-electron chi connectivity index (χ3n) is 4.91. The number of nitrogens with two attached hydrogens (primary N) is 1. The van der Waals surface area contributed by atoms with Crippen molar-refractivity contribution in [2.75, 3.05) is 11.9 Å². The number of primary amides is 1. The Morgan fingerprint density at radius 1 is 1.11 bits per heavy atom. The van der Waals surface area contributed by atoms with Crippen LogP contribution in [0, 0.1) is 0 Å². The van der Waals surface area contributed by atoms with Crippen LogP contribution in [0.25, 0.3) is 0 Å². The summed E-state index contributed by atoms with van der Waals surface area (Å²) in [5.74, 6) is -0.167. The second-order valence-corrected chi connectivity index (χ2v) is 7.49. The summed E-state index contributed by atoms with van der Waals surface area (Å²) >= 11 is 0. The fourth-order valence-corrected chi connectivity index (χ4v) is 3.18. The van der Waals surface area contributed by atoms with Gasteiger partial charge >= 0.3 is 0 Å². The number of hydrogen-bond acceptors (Lipinski definition) is 3. The fourth-order valence-electron chi connectivity index (χ4n) is 3.18. The SMILES string of the molecule is CC(C)c1ccc(CN(CC(=O)Nc2ccccc2C(N)=O)C2CC2)cc1. The first-order chi connectivity index (χ1) is 12.9. The van der Waals surface area contributed by atoms with Crippen LogP contribution in [0.3, 0.4) is 0 Å². The molecule has 1 aliphatic carbocycles. The quantitative estimate of drug-likeness (QED) is 0.752. The Labute approximate surface area is 160 Å². The number of carbonyl (C=O) groups excluding carboxylic acids is 2. The molecule has 5 nitrogen and oxygen atoms in total. The van der Waals surface area contributed by atoms with Crippen molar-refractivity contribution in [1.82, 2.24) is 4.90 Å². The summed E-state index contributed by atoms with van der Waals surface area (Å²) in [7, 11) is 0. The average molecular weight is 365 g/mol. The van der Waals surface area contributed by atoms with E-state index in [-0.39, 0.29) is 5.91 Å². The van der Waals surface area contributed by atoms with Crippen LogP contribution in [0.1, 0.15) is 54.1 Å². The topological polar surface area (TPSA) is 75.4 Å². The van der Waals surface area contributed by atoms with Gasteiger partial charge in [0, 0.05) is 12.6 Å². The van der Waals surface area contributed by atoms with Gasteiger partial charge in [0.25, 0.3) is 5.91 Å². The third-order valence-corrected chi connectivity index (χ3v) is 4.91. The van der Waals surface area contributed by atoms with Crippen LogP contribution in [0.4, 0.5) is 5.69 Å². The van der Waals surface area contributed by atoms with Gasteiger partial charge in [-0.3, -0.25) is 14.5 Å². The zero-order valence-corrected chi connectivity index (χ0v) is 15.9. The van der Waals surface area contributed by atoms with Gasteiger partial charge in [-0.1, -0.05) is 50.2 Å². The highest BCUT2D eigenvalue weighted by atomic mass is 16.2. The van der Waals surface area contributed by atoms with E-state index < -0.39 is 5.91 Å². The van der Waals surface area contributed by atoms with Gasteiger partial charge in [-0.05, 0) is 42.0 Å². The first-order valence-corrected chi connectivity index (χ1v) is 9.45. The van der Waals surface area contributed by atoms with Crippen molar-refractivity contribution >= 4 is 17.5 Å². The maximum absolute atomic E-state index is 12.6. The second-order valence-electron chi connectivity index (χ2n) is 7.49. The molecule has 0 radical (unpaired) electrons. The van der Waals surface area contributed by atoms with Gasteiger partial charge in [0.15, 0.2) is 0 Å². The van der Waals surface area contributed by atoms with E-state index >= 15 is 0 Å². The Morgan fingerprint density at radius 2 is 1.78 bits per heavy atom. The number of carbonyl (C=O) groups is 2. The monoisotopic (exact) mass is 365 g/mol. The van der Waals surface area contributed by atoms with Gasteiger partial charge in [-0.2, -0.15) is 0 Å². The van der Waals surface area contributed by atoms with E-state index in [0.29, 0.717) is 29.8 Å². The Balaban J connectivity index is 1.64. The lowest BCUT2D eigenvalue weighted by atomic mass is 10.0. The summed E-state index contributed by atoms with van der Waals surface area (Å²) in [5.41, 5.74) is 8.70. The molecular formula is C22H27N3O2. The smallest absolute Gasteiger partial charge is 0.250 e. The normalized spacial score (nSPS) is 13.8. The van der Waals surface area contributed by atoms with Gasteiger partial charge in [0.2, 0.25) is 5.91 Å². The van der Waals surface area contributed by atoms with E-state index in [1.54, 1.807) is 24.3 Å². The summed E-state index contributed by atoms with van der Waals surface area (Å²) in [6.45, 7) is 5.40. The number of benzene rings is 2. The second kappa shape index (κ2) is 8.35. The van der Waals surface area contributed by atoms with Gasteiger partial charge in [0.1, 0.15) is 0 Å². The molecule has 0 bridgehead atoms. The molecule has 3 rings (SSSR count). The molecule has 0 heterocycles. The summed E-state index contributed by atoms with van der Waals surface area (Å²) in [6.07, 6.45) is 2.24. The maximum Gasteiger partial charge on any atom is 0.250 e. The number of nitrogens with one attached hydrogen (secondary N) is 1. The molecule has 142 valence electrons. The highest BCUT2D eigenvalue weighted by Crippen LogP contribution is 2.28. The van der Waals surface area contributed by atoms with Crippen LogP contribution in [-0.4, -0.2) is 29.3 Å². The lowest BCUT2D eigenvalue weighted by Gasteiger charge is -2.22. The predicted octanol–water partition coefficient (Wildman–Crippen LogP) is 3.51. The van der Waals surface area contributed by atoms with E-state index in [9.17, 15) is 9.59 Å². The summed E-state index contributed by atoms with van der Waals surface area (Å²) in [4.78, 5) is 26.3. The Kier molecular flexibility index (Phi) is 5.91. The van der Waals surface area contributed by atoms with E-state index in [1.807, 2.05) is 0 Å². The molecule has 0 unspecified atom stereocenters. The van der Waals surface area contributed by atoms with Gasteiger partial charge in [0.05, 0.1) is 17.8 Å². The van der Waals surface area contributed by atoms with Gasteiger partial charge in [-0.15, -0.1) is 0 Å². The molecule has 27 heavy (non-hydrogen) atoms. The van der Waals surface area contributed by atoms with Crippen molar-refractivity contribution in [2.45, 2.75) is 45.2 Å². The van der Waals surface area contributed by atoms with Crippen molar-refractivity contribution in [3.05, 3.63) is 65.2 Å². The number of para-hydroxylation sites is 1. The molecule has 0 atom stereocenters. The Bertz CT molecular complexity index is 811. The predicted molar refractivity (Wildman–Crippen MR) is 108 cm³/mol. The van der Waals surface area contributed by atoms with Gasteiger partial charge in [-0.25, -0.2) is 0 Å². The van der Waals surface area contributed by atoms with E-state index in [2.05, 4.69) is 48.3 Å². The third kappa shape index (κ3) is 5.17. The minimum absolute atomic E-state index is 0.130. The van der Waals surface area contributed by atoms with Gasteiger partial charge < -0.3 is 11.1 Å². The molecule has 1 fully saturated rings. The molecule has 5 heteroatoms. The number of amides is 2. The average Bonchev–Trinajstić information content (AvgIpc) is 3.47. The fraction of sp³-hybridized carbons (Fsp3) is 0.364. The maximum atomic E-state index is 12.6. The van der Waals surface area contributed by atoms with Crippen molar-refractivity contribution in [3.63, 3.8) is 0 Å². The zero-order chi connectivity index (χ0) is 19.4. The lowest BCUT2D eigenvalue weighted by Crippen LogP contribution is -2.35. The first kappa shape index (κ1) is 19.1. The molecule has 2 aromatic carbocycles. The van der Waals surface area contributed by atoms with Crippen LogP contribution in [0.15, 0.2) is 48.5 Å². The number of hydrogen-bond donors (Lipinski definition) is 2. The molecule has 1 saturated carbocycles. The van der Waals surface area contributed by atoms with Crippen LogP contribution >= 0.6 is 0 Å². The summed E-state index contributed by atoms with van der Waals surface area (Å²) in [6, 6.07) is 15.9. The highest BCUT2D eigenvalue weighted by molar-refractivity contribution is 6.03. The Hall–Kier alpha value is -2.66. The molecule has 3 N–H and O–H groups in total. The largest absolute Gasteiger partial charge is 0.366 e. The Morgan fingerprint density at radius 3 is 2.37 bits per heavy atom. The van der Waals surface area contributed by atoms with Crippen LogP contribution in [0.5, 0.6) is 0 Å². The molecule has 0 spiro atoms. The molecular weight excluding hydrogens is 338 g/mol. The van der Waals surface area contributed by atoms with Crippen molar-refractivity contribution in [3.8, 4) is 0 Å². The van der Waals surface area contributed by atoms with Crippen molar-refractivity contribution in [2.24, 2.45) is 5.73 Å². The van der Waals surface area contributed by atoms with E-state index in [1.165, 1.54) is 11.1 Å². The van der Waals surface area contributed by atoms with Crippen LogP contribution in [-0.2, 0) is 11.3 Å². The number of nitrogens with zero attached hydrogens (tertiary/aromatic N) is 1. The van der Waals surface area contributed by atoms with Crippen molar-refractivity contribution < 1.29 is 9.59 Å². The van der Waals surface area contributed by atoms with Crippen molar-refractivity contribution in [1.29, 1.82) is 0 Å². The molecule has 2 amide bonds. The molecule has 0 aromatic heterocycles. The minimum atomic E-state index is -0.546. The standard InChI is InChI=1S/C22H27N3O2/c1-15(2)17-9-7-16(8-10-17)13-25(18-11-12-18)14-21(26)24-20-6-4-3-5-19(20)22(23)27/h3-10,15,18H,11-14H2,1-2H3,(H2,23,27)(H,24,26). The number of anilines is 1. The van der Waals surface area contributed by atoms with Crippen LogP contribution in [0.2, 0.25) is 0 Å². The van der Waals surface area contributed by atoms with E-state index in [0.717, 1.165) is 19.4 Å². The summed E-state index contributed by atoms with van der Waals surface area (Å²) in [5, 5.41) is 2.83. The highest BCUT2D eigenvalue weighted by Gasteiger charge is 2.30. The molecule has 2 aromatic rings. The molecule has 0 saturated heterocycles. The minimum Gasteiger partial charge on any atom is -0.366 e. The first-order valence-electron chi connectivity index (χ1n) is 9.45. The van der Waals surface area contributed by atoms with E-state index in [4.69, 9.17) is 5.73 Å².